The van der Waals surface area contributed by atoms with E-state index in [2.05, 4.69) is 10.6 Å². The quantitative estimate of drug-likeness (QED) is 0.289. The summed E-state index contributed by atoms with van der Waals surface area (Å²) in [6, 6.07) is 16.8. The SMILES string of the molecule is C[C@@H](NC(=O)OCc1ccccc1)C(=O)Oc1ccc(Cl)cc1C(=O)Nc1ccc(Cl)c(Cl)c1. The molecule has 7 nitrogen and oxygen atoms in total. The van der Waals surface area contributed by atoms with Gasteiger partial charge in [0.1, 0.15) is 18.4 Å². The van der Waals surface area contributed by atoms with E-state index in [9.17, 15) is 14.4 Å². The fourth-order valence-corrected chi connectivity index (χ4v) is 3.21. The molecule has 3 aromatic rings. The smallest absolute Gasteiger partial charge is 0.408 e. The zero-order valence-electron chi connectivity index (χ0n) is 17.8. The fraction of sp³-hybridized carbons (Fsp3) is 0.125. The van der Waals surface area contributed by atoms with E-state index in [0.717, 1.165) is 5.56 Å². The maximum Gasteiger partial charge on any atom is 0.408 e. The summed E-state index contributed by atoms with van der Waals surface area (Å²) in [5, 5.41) is 5.88. The minimum absolute atomic E-state index is 0.00535. The first-order chi connectivity index (χ1) is 16.2. The van der Waals surface area contributed by atoms with E-state index >= 15 is 0 Å². The monoisotopic (exact) mass is 520 g/mol. The molecule has 0 aliphatic heterocycles. The molecule has 0 fully saturated rings. The maximum absolute atomic E-state index is 12.8. The van der Waals surface area contributed by atoms with E-state index in [1.54, 1.807) is 18.2 Å². The molecular weight excluding hydrogens is 503 g/mol. The van der Waals surface area contributed by atoms with Gasteiger partial charge in [-0.2, -0.15) is 0 Å². The van der Waals surface area contributed by atoms with Crippen molar-refractivity contribution in [3.63, 3.8) is 0 Å². The number of alkyl carbamates (subject to hydrolysis) is 1. The number of hydrogen-bond donors (Lipinski definition) is 2. The van der Waals surface area contributed by atoms with E-state index < -0.39 is 24.0 Å². The number of anilines is 1. The average Bonchev–Trinajstić information content (AvgIpc) is 2.81. The molecule has 3 aromatic carbocycles. The van der Waals surface area contributed by atoms with Gasteiger partial charge in [-0.3, -0.25) is 4.79 Å². The molecular formula is C24H19Cl3N2O5. The van der Waals surface area contributed by atoms with Crippen molar-refractivity contribution < 1.29 is 23.9 Å². The van der Waals surface area contributed by atoms with E-state index in [1.165, 1.54) is 37.3 Å². The highest BCUT2D eigenvalue weighted by atomic mass is 35.5. The van der Waals surface area contributed by atoms with Gasteiger partial charge in [0.15, 0.2) is 0 Å². The summed E-state index contributed by atoms with van der Waals surface area (Å²) in [5.41, 5.74) is 1.19. The highest BCUT2D eigenvalue weighted by molar-refractivity contribution is 6.42. The van der Waals surface area contributed by atoms with Crippen LogP contribution in [0, 0.1) is 0 Å². The van der Waals surface area contributed by atoms with Crippen LogP contribution in [0.4, 0.5) is 10.5 Å². The zero-order chi connectivity index (χ0) is 24.7. The lowest BCUT2D eigenvalue weighted by atomic mass is 10.1. The Morgan fingerprint density at radius 2 is 1.65 bits per heavy atom. The summed E-state index contributed by atoms with van der Waals surface area (Å²) in [7, 11) is 0. The molecule has 0 spiro atoms. The summed E-state index contributed by atoms with van der Waals surface area (Å²) < 4.78 is 10.5. The fourth-order valence-electron chi connectivity index (χ4n) is 2.74. The Balaban J connectivity index is 1.63. The van der Waals surface area contributed by atoms with Gasteiger partial charge in [-0.25, -0.2) is 9.59 Å². The molecule has 0 aliphatic rings. The van der Waals surface area contributed by atoms with Crippen LogP contribution in [0.5, 0.6) is 5.75 Å². The van der Waals surface area contributed by atoms with E-state index in [1.807, 2.05) is 18.2 Å². The molecule has 0 heterocycles. The summed E-state index contributed by atoms with van der Waals surface area (Å²) in [6.45, 7) is 1.47. The van der Waals surface area contributed by atoms with Gasteiger partial charge < -0.3 is 20.1 Å². The van der Waals surface area contributed by atoms with Gasteiger partial charge in [-0.1, -0.05) is 65.1 Å². The molecule has 0 bridgehead atoms. The molecule has 0 radical (unpaired) electrons. The lowest BCUT2D eigenvalue weighted by Gasteiger charge is -2.15. The van der Waals surface area contributed by atoms with Gasteiger partial charge in [-0.05, 0) is 48.9 Å². The largest absolute Gasteiger partial charge is 0.445 e. The summed E-state index contributed by atoms with van der Waals surface area (Å²) in [5.74, 6) is -1.44. The molecule has 176 valence electrons. The Kier molecular flexibility index (Phi) is 8.76. The summed E-state index contributed by atoms with van der Waals surface area (Å²) >= 11 is 17.9. The number of esters is 1. The zero-order valence-corrected chi connectivity index (χ0v) is 20.1. The molecule has 34 heavy (non-hydrogen) atoms. The van der Waals surface area contributed by atoms with E-state index in [0.29, 0.717) is 10.7 Å². The van der Waals surface area contributed by atoms with Crippen LogP contribution in [-0.4, -0.2) is 24.0 Å². The maximum atomic E-state index is 12.8. The Morgan fingerprint density at radius 3 is 2.35 bits per heavy atom. The minimum atomic E-state index is -1.05. The molecule has 0 unspecified atom stereocenters. The molecule has 10 heteroatoms. The lowest BCUT2D eigenvalue weighted by Crippen LogP contribution is -2.41. The summed E-state index contributed by atoms with van der Waals surface area (Å²) in [4.78, 5) is 37.4. The van der Waals surface area contributed by atoms with Crippen LogP contribution in [0.25, 0.3) is 0 Å². The first-order valence-corrected chi connectivity index (χ1v) is 11.1. The third-order valence-corrected chi connectivity index (χ3v) is 5.45. The average molecular weight is 522 g/mol. The third kappa shape index (κ3) is 7.12. The van der Waals surface area contributed by atoms with Crippen LogP contribution in [0.1, 0.15) is 22.8 Å². The van der Waals surface area contributed by atoms with Gasteiger partial charge in [0.2, 0.25) is 0 Å². The molecule has 3 rings (SSSR count). The number of halogens is 3. The first-order valence-electron chi connectivity index (χ1n) is 9.98. The van der Waals surface area contributed by atoms with Crippen molar-refractivity contribution in [1.82, 2.24) is 5.32 Å². The second-order valence-electron chi connectivity index (χ2n) is 7.07. The van der Waals surface area contributed by atoms with E-state index in [4.69, 9.17) is 44.3 Å². The van der Waals surface area contributed by atoms with Crippen LogP contribution in [0.3, 0.4) is 0 Å². The van der Waals surface area contributed by atoms with Crippen molar-refractivity contribution in [2.24, 2.45) is 0 Å². The van der Waals surface area contributed by atoms with Crippen molar-refractivity contribution in [3.8, 4) is 5.75 Å². The van der Waals surface area contributed by atoms with Gasteiger partial charge in [0.25, 0.3) is 5.91 Å². The second kappa shape index (κ2) is 11.7. The number of nitrogens with one attached hydrogen (secondary N) is 2. The standard InChI is InChI=1S/C24H19Cl3N2O5/c1-14(28-24(32)33-13-15-5-3-2-4-6-15)23(31)34-21-10-7-16(25)11-18(21)22(30)29-17-8-9-19(26)20(27)12-17/h2-12,14H,13H2,1H3,(H,28,32)(H,29,30)/t14-/m1/s1. The minimum Gasteiger partial charge on any atom is -0.445 e. The number of carbonyl (C=O) groups is 3. The van der Waals surface area contributed by atoms with Crippen molar-refractivity contribution in [3.05, 3.63) is 92.9 Å². The number of hydrogen-bond acceptors (Lipinski definition) is 5. The van der Waals surface area contributed by atoms with Gasteiger partial charge in [0.05, 0.1) is 15.6 Å². The van der Waals surface area contributed by atoms with Crippen molar-refractivity contribution in [2.75, 3.05) is 5.32 Å². The highest BCUT2D eigenvalue weighted by Gasteiger charge is 2.22. The lowest BCUT2D eigenvalue weighted by molar-refractivity contribution is -0.136. The Morgan fingerprint density at radius 1 is 0.912 bits per heavy atom. The normalized spacial score (nSPS) is 11.3. The van der Waals surface area contributed by atoms with Crippen molar-refractivity contribution >= 4 is 58.5 Å². The van der Waals surface area contributed by atoms with Crippen LogP contribution in [0.2, 0.25) is 15.1 Å². The van der Waals surface area contributed by atoms with Crippen molar-refractivity contribution in [1.29, 1.82) is 0 Å². The topological polar surface area (TPSA) is 93.7 Å². The van der Waals surface area contributed by atoms with Crippen LogP contribution < -0.4 is 15.4 Å². The van der Waals surface area contributed by atoms with E-state index in [-0.39, 0.29) is 28.0 Å². The van der Waals surface area contributed by atoms with Gasteiger partial charge in [0, 0.05) is 10.7 Å². The van der Waals surface area contributed by atoms with Gasteiger partial charge >= 0.3 is 12.1 Å². The predicted octanol–water partition coefficient (Wildman–Crippen LogP) is 6.12. The second-order valence-corrected chi connectivity index (χ2v) is 8.32. The molecule has 2 amide bonds. The van der Waals surface area contributed by atoms with Gasteiger partial charge in [-0.15, -0.1) is 0 Å². The Labute approximate surface area is 210 Å². The third-order valence-electron chi connectivity index (χ3n) is 4.47. The number of benzene rings is 3. The van der Waals surface area contributed by atoms with Crippen LogP contribution >= 0.6 is 34.8 Å². The number of rotatable bonds is 7. The Bertz CT molecular complexity index is 1200. The molecule has 0 saturated heterocycles. The summed E-state index contributed by atoms with van der Waals surface area (Å²) in [6.07, 6.45) is -0.790. The Hall–Kier alpha value is -3.26. The number of amides is 2. The molecule has 1 atom stereocenters. The number of carbonyl (C=O) groups excluding carboxylic acids is 3. The highest BCUT2D eigenvalue weighted by Crippen LogP contribution is 2.27. The predicted molar refractivity (Wildman–Crippen MR) is 131 cm³/mol. The molecule has 0 aromatic heterocycles. The van der Waals surface area contributed by atoms with Crippen molar-refractivity contribution in [2.45, 2.75) is 19.6 Å². The van der Waals surface area contributed by atoms with Crippen LogP contribution in [0.15, 0.2) is 66.7 Å². The molecule has 0 saturated carbocycles. The molecule has 0 aliphatic carbocycles. The first kappa shape index (κ1) is 25.4. The molecule has 2 N–H and O–H groups in total. The van der Waals surface area contributed by atoms with Crippen LogP contribution in [-0.2, 0) is 16.1 Å². The number of ether oxygens (including phenoxy) is 2.